The number of aliphatic carboxylic acids is 1. The lowest BCUT2D eigenvalue weighted by molar-refractivity contribution is -0.195. The molecule has 1 atom stereocenters. The van der Waals surface area contributed by atoms with Crippen molar-refractivity contribution >= 4 is 11.9 Å². The van der Waals surface area contributed by atoms with E-state index in [1.54, 1.807) is 0 Å². The summed E-state index contributed by atoms with van der Waals surface area (Å²) >= 11 is 0. The molecule has 5 nitrogen and oxygen atoms in total. The van der Waals surface area contributed by atoms with Crippen LogP contribution in [0.1, 0.15) is 0 Å². The first-order valence-electron chi connectivity index (χ1n) is 4.02. The minimum atomic E-state index is -5.05. The number of ether oxygens (including phenoxy) is 1. The van der Waals surface area contributed by atoms with Gasteiger partial charge in [0.25, 0.3) is 0 Å². The summed E-state index contributed by atoms with van der Waals surface area (Å²) in [5.74, 6) is -3.65. The summed E-state index contributed by atoms with van der Waals surface area (Å²) in [6, 6.07) is -1.56. The number of halogens is 3. The van der Waals surface area contributed by atoms with Crippen LogP contribution >= 0.6 is 0 Å². The van der Waals surface area contributed by atoms with Crippen LogP contribution < -0.4 is 0 Å². The van der Waals surface area contributed by atoms with Gasteiger partial charge in [0.15, 0.2) is 6.04 Å². The van der Waals surface area contributed by atoms with E-state index >= 15 is 0 Å². The van der Waals surface area contributed by atoms with Gasteiger partial charge in [-0.25, -0.2) is 4.79 Å². The third-order valence-electron chi connectivity index (χ3n) is 1.92. The molecule has 0 saturated carbocycles. The van der Waals surface area contributed by atoms with Crippen molar-refractivity contribution in [2.75, 3.05) is 19.8 Å². The number of hydrogen-bond donors (Lipinski definition) is 1. The summed E-state index contributed by atoms with van der Waals surface area (Å²) < 4.78 is 40.8. The minimum Gasteiger partial charge on any atom is -0.480 e. The van der Waals surface area contributed by atoms with Gasteiger partial charge in [0.1, 0.15) is 0 Å². The van der Waals surface area contributed by atoms with Gasteiger partial charge in [0, 0.05) is 6.54 Å². The second kappa shape index (κ2) is 4.05. The summed E-state index contributed by atoms with van der Waals surface area (Å²) in [5, 5.41) is 8.58. The van der Waals surface area contributed by atoms with E-state index in [1.165, 1.54) is 0 Å². The van der Waals surface area contributed by atoms with Crippen molar-refractivity contribution in [3.8, 4) is 0 Å². The molecule has 0 bridgehead atoms. The molecule has 1 amide bonds. The van der Waals surface area contributed by atoms with Crippen LogP contribution in [0, 0.1) is 0 Å². The lowest BCUT2D eigenvalue weighted by Crippen LogP contribution is -2.56. The molecule has 15 heavy (non-hydrogen) atoms. The van der Waals surface area contributed by atoms with E-state index in [2.05, 4.69) is 0 Å². The second-order valence-electron chi connectivity index (χ2n) is 2.93. The maximum atomic E-state index is 12.0. The van der Waals surface area contributed by atoms with E-state index in [4.69, 9.17) is 9.84 Å². The molecule has 0 aliphatic carbocycles. The Kier molecular flexibility index (Phi) is 3.18. The highest BCUT2D eigenvalue weighted by atomic mass is 19.4. The van der Waals surface area contributed by atoms with Crippen molar-refractivity contribution in [3.05, 3.63) is 0 Å². The molecule has 1 N–H and O–H groups in total. The SMILES string of the molecule is O=C(O)C1COCCN1C(=O)C(F)(F)F. The first-order valence-corrected chi connectivity index (χ1v) is 4.02. The number of alkyl halides is 3. The largest absolute Gasteiger partial charge is 0.480 e. The Labute approximate surface area is 82.4 Å². The number of amides is 1. The van der Waals surface area contributed by atoms with Gasteiger partial charge in [-0.1, -0.05) is 0 Å². The maximum absolute atomic E-state index is 12.0. The fourth-order valence-electron chi connectivity index (χ4n) is 1.21. The zero-order valence-electron chi connectivity index (χ0n) is 7.45. The Morgan fingerprint density at radius 1 is 1.40 bits per heavy atom. The number of carbonyl (C=O) groups is 2. The van der Waals surface area contributed by atoms with Gasteiger partial charge in [0.05, 0.1) is 13.2 Å². The third kappa shape index (κ3) is 2.58. The lowest BCUT2D eigenvalue weighted by Gasteiger charge is -2.33. The summed E-state index contributed by atoms with van der Waals surface area (Å²) in [6.07, 6.45) is -5.05. The highest BCUT2D eigenvalue weighted by Gasteiger charge is 2.47. The second-order valence-corrected chi connectivity index (χ2v) is 2.93. The molecular weight excluding hydrogens is 219 g/mol. The van der Waals surface area contributed by atoms with E-state index in [1.807, 2.05) is 0 Å². The fraction of sp³-hybridized carbons (Fsp3) is 0.714. The topological polar surface area (TPSA) is 66.8 Å². The molecular formula is C7H8F3NO4. The number of carboxylic acid groups (broad SMARTS) is 1. The maximum Gasteiger partial charge on any atom is 0.471 e. The van der Waals surface area contributed by atoms with Crippen LogP contribution in [0.25, 0.3) is 0 Å². The summed E-state index contributed by atoms with van der Waals surface area (Å²) in [7, 11) is 0. The van der Waals surface area contributed by atoms with Crippen LogP contribution in [0.2, 0.25) is 0 Å². The van der Waals surface area contributed by atoms with Gasteiger partial charge in [-0.2, -0.15) is 13.2 Å². The quantitative estimate of drug-likeness (QED) is 0.677. The van der Waals surface area contributed by atoms with Crippen molar-refractivity contribution in [1.82, 2.24) is 4.90 Å². The van der Waals surface area contributed by atoms with E-state index in [0.29, 0.717) is 0 Å². The van der Waals surface area contributed by atoms with Crippen LogP contribution in [0.5, 0.6) is 0 Å². The number of carboxylic acids is 1. The molecule has 0 aromatic rings. The Morgan fingerprint density at radius 2 is 2.00 bits per heavy atom. The smallest absolute Gasteiger partial charge is 0.471 e. The van der Waals surface area contributed by atoms with Crippen LogP contribution in [-0.2, 0) is 14.3 Å². The molecule has 1 rings (SSSR count). The predicted molar refractivity (Wildman–Crippen MR) is 40.0 cm³/mol. The van der Waals surface area contributed by atoms with Gasteiger partial charge in [-0.05, 0) is 0 Å². The summed E-state index contributed by atoms with van der Waals surface area (Å²) in [5.41, 5.74) is 0. The van der Waals surface area contributed by atoms with Crippen molar-refractivity contribution < 1.29 is 32.6 Å². The Bertz CT molecular complexity index is 278. The van der Waals surface area contributed by atoms with Gasteiger partial charge in [-0.15, -0.1) is 0 Å². The fourth-order valence-corrected chi connectivity index (χ4v) is 1.21. The Morgan fingerprint density at radius 3 is 2.47 bits per heavy atom. The zero-order valence-corrected chi connectivity index (χ0v) is 7.45. The zero-order chi connectivity index (χ0) is 11.6. The number of rotatable bonds is 1. The van der Waals surface area contributed by atoms with E-state index in [-0.39, 0.29) is 18.1 Å². The Balaban J connectivity index is 2.81. The molecule has 1 unspecified atom stereocenters. The number of morpholine rings is 1. The first kappa shape index (κ1) is 11.8. The van der Waals surface area contributed by atoms with Crippen LogP contribution in [0.15, 0.2) is 0 Å². The molecule has 0 aromatic heterocycles. The van der Waals surface area contributed by atoms with Crippen molar-refractivity contribution in [2.45, 2.75) is 12.2 Å². The molecule has 1 aliphatic heterocycles. The van der Waals surface area contributed by atoms with Gasteiger partial charge in [0.2, 0.25) is 0 Å². The standard InChI is InChI=1S/C7H8F3NO4/c8-7(9,10)6(14)11-1-2-15-3-4(11)5(12)13/h4H,1-3H2,(H,12,13). The number of nitrogens with zero attached hydrogens (tertiary/aromatic N) is 1. The monoisotopic (exact) mass is 227 g/mol. The lowest BCUT2D eigenvalue weighted by atomic mass is 10.2. The molecule has 0 aromatic carbocycles. The molecule has 8 heteroatoms. The molecule has 0 spiro atoms. The van der Waals surface area contributed by atoms with Crippen LogP contribution in [0.4, 0.5) is 13.2 Å². The van der Waals surface area contributed by atoms with E-state index in [9.17, 15) is 22.8 Å². The molecule has 1 saturated heterocycles. The average molecular weight is 227 g/mol. The molecule has 0 radical (unpaired) electrons. The Hall–Kier alpha value is -1.31. The van der Waals surface area contributed by atoms with E-state index < -0.39 is 30.7 Å². The molecule has 86 valence electrons. The van der Waals surface area contributed by atoms with Gasteiger partial charge >= 0.3 is 18.1 Å². The van der Waals surface area contributed by atoms with Crippen molar-refractivity contribution in [3.63, 3.8) is 0 Å². The average Bonchev–Trinajstić information content (AvgIpc) is 2.15. The van der Waals surface area contributed by atoms with Gasteiger partial charge in [-0.3, -0.25) is 4.79 Å². The third-order valence-corrected chi connectivity index (χ3v) is 1.92. The summed E-state index contributed by atoms with van der Waals surface area (Å²) in [4.78, 5) is 21.6. The van der Waals surface area contributed by atoms with Crippen LogP contribution in [0.3, 0.4) is 0 Å². The first-order chi connectivity index (χ1) is 6.84. The highest BCUT2D eigenvalue weighted by Crippen LogP contribution is 2.21. The van der Waals surface area contributed by atoms with E-state index in [0.717, 1.165) is 0 Å². The van der Waals surface area contributed by atoms with Crippen molar-refractivity contribution in [2.24, 2.45) is 0 Å². The number of hydrogen-bond acceptors (Lipinski definition) is 3. The van der Waals surface area contributed by atoms with Crippen molar-refractivity contribution in [1.29, 1.82) is 0 Å². The van der Waals surface area contributed by atoms with Gasteiger partial charge < -0.3 is 14.7 Å². The minimum absolute atomic E-state index is 0.0917. The molecule has 1 fully saturated rings. The highest BCUT2D eigenvalue weighted by molar-refractivity contribution is 5.87. The summed E-state index contributed by atoms with van der Waals surface area (Å²) in [6.45, 7) is -0.877. The predicted octanol–water partition coefficient (Wildman–Crippen LogP) is -0.139. The van der Waals surface area contributed by atoms with Crippen LogP contribution in [-0.4, -0.2) is 53.9 Å². The number of carbonyl (C=O) groups excluding carboxylic acids is 1. The normalized spacial score (nSPS) is 22.6. The molecule has 1 heterocycles. The molecule has 1 aliphatic rings.